The topological polar surface area (TPSA) is 334 Å². The van der Waals surface area contributed by atoms with Crippen LogP contribution in [0, 0.1) is 23.7 Å². The molecule has 3 aromatic rings. The molecule has 0 radical (unpaired) electrons. The number of aromatic carboxylic acids is 1. The molecule has 0 saturated carbocycles. The summed E-state index contributed by atoms with van der Waals surface area (Å²) in [6.45, 7) is 11.6. The Morgan fingerprint density at radius 3 is 2.09 bits per heavy atom. The van der Waals surface area contributed by atoms with E-state index in [9.17, 15) is 64.2 Å². The lowest BCUT2D eigenvalue weighted by Crippen LogP contribution is -2.60. The third-order valence-electron chi connectivity index (χ3n) is 15.4. The van der Waals surface area contributed by atoms with E-state index >= 15 is 0 Å². The summed E-state index contributed by atoms with van der Waals surface area (Å²) < 4.78 is 34.5. The molecule has 2 unspecified atom stereocenters. The number of carbonyl (C=O) groups is 7. The molecule has 14 atom stereocenters. The highest BCUT2D eigenvalue weighted by Gasteiger charge is 2.46. The molecule has 2 aliphatic rings. The van der Waals surface area contributed by atoms with Crippen LogP contribution in [0.3, 0.4) is 0 Å². The number of furan rings is 1. The smallest absolute Gasteiger partial charge is 0.410 e. The zero-order valence-corrected chi connectivity index (χ0v) is 47.3. The highest BCUT2D eigenvalue weighted by atomic mass is 16.7. The van der Waals surface area contributed by atoms with Crippen LogP contribution in [-0.2, 0) is 55.9 Å². The monoisotopic (exact) mass is 1130 g/mol. The van der Waals surface area contributed by atoms with Gasteiger partial charge in [-0.15, -0.1) is 0 Å². The maximum atomic E-state index is 14.8. The van der Waals surface area contributed by atoms with E-state index < -0.39 is 146 Å². The van der Waals surface area contributed by atoms with Gasteiger partial charge < -0.3 is 79.2 Å². The van der Waals surface area contributed by atoms with Crippen LogP contribution < -0.4 is 15.4 Å². The van der Waals surface area contributed by atoms with E-state index in [1.165, 1.54) is 38.3 Å². The number of aliphatic hydroxyl groups excluding tert-OH is 4. The first-order valence-corrected chi connectivity index (χ1v) is 27.0. The Morgan fingerprint density at radius 1 is 0.838 bits per heavy atom. The quantitative estimate of drug-likeness (QED) is 0.0544. The number of nitrogens with zero attached hydrogens (tertiary/aromatic N) is 3. The second kappa shape index (κ2) is 28.8. The van der Waals surface area contributed by atoms with Crippen molar-refractivity contribution >= 4 is 52.6 Å². The van der Waals surface area contributed by atoms with Crippen LogP contribution in [0.1, 0.15) is 95.8 Å². The van der Waals surface area contributed by atoms with Crippen molar-refractivity contribution in [2.45, 2.75) is 160 Å². The van der Waals surface area contributed by atoms with Crippen LogP contribution >= 0.6 is 0 Å². The second-order valence-corrected chi connectivity index (χ2v) is 21.5. The lowest BCUT2D eigenvalue weighted by Gasteiger charge is -2.41. The molecule has 8 N–H and O–H groups in total. The summed E-state index contributed by atoms with van der Waals surface area (Å²) in [5.74, 6) is -7.28. The summed E-state index contributed by atoms with van der Waals surface area (Å²) in [6, 6.07) is 8.09. The number of benzene rings is 2. The number of amides is 5. The molecule has 80 heavy (non-hydrogen) atoms. The first-order valence-electron chi connectivity index (χ1n) is 27.0. The lowest BCUT2D eigenvalue weighted by atomic mass is 9.89. The van der Waals surface area contributed by atoms with Gasteiger partial charge in [-0.05, 0) is 48.3 Å². The maximum Gasteiger partial charge on any atom is 0.410 e. The number of carbonyl (C=O) groups excluding carboxylic acids is 5. The number of likely N-dealkylation sites (N-methyl/N-ethyl adjacent to an activating group) is 2. The minimum absolute atomic E-state index is 0.0485. The van der Waals surface area contributed by atoms with Gasteiger partial charge in [-0.25, -0.2) is 14.4 Å². The summed E-state index contributed by atoms with van der Waals surface area (Å²) in [6.07, 6.45) is -9.04. The zero-order valence-electron chi connectivity index (χ0n) is 47.3. The number of likely N-dealkylation sites (tertiary alicyclic amines) is 1. The van der Waals surface area contributed by atoms with E-state index in [2.05, 4.69) is 10.6 Å². The van der Waals surface area contributed by atoms with Crippen molar-refractivity contribution in [3.05, 3.63) is 65.4 Å². The standard InChI is InChI=1S/C56H81N5O19/c1-12-30(6)44(38(75-10)25-41(63)61-22-16-19-36(61)48(76-11)31(7)50(67)57-35(53(70)71)23-32-17-14-13-15-18-32)59(8)52(69)42(28(2)3)58-51(68)43(29(4)5)60(9)56(74)77-27-33-20-21-37(34-24-39(54(72)73)78-49(33)34)79-55-47(66)46(65)45(64)40(26-62)80-55/h13-15,17-18,20-21,24,28-31,35-36,38,40,42-48,55,62,64-66H,12,16,19,22-23,25-27H2,1-11H3,(H,57,67)(H,58,68)(H,70,71)(H,72,73)/t30?,31-,35?,36+,38-,40-,42+,43+,44+,45+,46+,47-,48-,55-/m1/s1. The maximum absolute atomic E-state index is 14.8. The minimum Gasteiger partial charge on any atom is -0.480 e. The highest BCUT2D eigenvalue weighted by molar-refractivity contribution is 5.95. The average molecular weight is 1130 g/mol. The van der Waals surface area contributed by atoms with E-state index in [4.69, 9.17) is 28.1 Å². The van der Waals surface area contributed by atoms with Crippen LogP contribution in [0.4, 0.5) is 4.79 Å². The number of hydrogen-bond donors (Lipinski definition) is 8. The molecule has 2 aliphatic heterocycles. The Balaban J connectivity index is 1.27. The van der Waals surface area contributed by atoms with Gasteiger partial charge in [0.05, 0.1) is 48.6 Å². The van der Waals surface area contributed by atoms with Gasteiger partial charge in [0.1, 0.15) is 60.5 Å². The first-order chi connectivity index (χ1) is 37.8. The third-order valence-corrected chi connectivity index (χ3v) is 15.4. The van der Waals surface area contributed by atoms with Crippen molar-refractivity contribution in [3.63, 3.8) is 0 Å². The van der Waals surface area contributed by atoms with E-state index in [1.807, 2.05) is 19.9 Å². The average Bonchev–Trinajstić information content (AvgIpc) is 4.22. The van der Waals surface area contributed by atoms with Crippen molar-refractivity contribution in [1.29, 1.82) is 0 Å². The number of fused-ring (bicyclic) bond motifs is 1. The molecule has 0 spiro atoms. The van der Waals surface area contributed by atoms with Crippen LogP contribution in [0.15, 0.2) is 52.9 Å². The third kappa shape index (κ3) is 15.1. The van der Waals surface area contributed by atoms with E-state index in [-0.39, 0.29) is 46.9 Å². The SMILES string of the molecule is CCC(C)[C@@H]([C@@H](CC(=O)N1CCC[C@H]1[C@H](OC)[C@@H](C)C(=O)NC(Cc1ccccc1)C(=O)O)OC)N(C)C(=O)[C@@H](NC(=O)[C@H](C(C)C)N(C)C(=O)OCc1ccc(O[C@@H]2O[C@H](CO)[C@H](O)[C@H](O)[C@H]2O)c2cc(C(=O)O)oc12)C(C)C. The summed E-state index contributed by atoms with van der Waals surface area (Å²) in [4.78, 5) is 99.5. The van der Waals surface area contributed by atoms with Gasteiger partial charge in [-0.3, -0.25) is 24.1 Å². The fraction of sp³-hybridized carbons (Fsp3) is 0.625. The van der Waals surface area contributed by atoms with E-state index in [1.54, 1.807) is 70.8 Å². The molecule has 444 valence electrons. The molecule has 24 nitrogen and oxygen atoms in total. The van der Waals surface area contributed by atoms with Crippen molar-refractivity contribution in [3.8, 4) is 5.75 Å². The minimum atomic E-state index is -1.78. The number of nitrogens with one attached hydrogen (secondary N) is 2. The van der Waals surface area contributed by atoms with Gasteiger partial charge in [0, 0.05) is 52.9 Å². The van der Waals surface area contributed by atoms with Crippen LogP contribution in [-0.4, -0.2) is 202 Å². The van der Waals surface area contributed by atoms with Crippen LogP contribution in [0.5, 0.6) is 5.75 Å². The summed E-state index contributed by atoms with van der Waals surface area (Å²) in [5.41, 5.74) is 0.819. The second-order valence-electron chi connectivity index (χ2n) is 21.5. The Hall–Kier alpha value is -6.41. The number of ether oxygens (including phenoxy) is 5. The predicted molar refractivity (Wildman–Crippen MR) is 287 cm³/mol. The molecule has 2 fully saturated rings. The van der Waals surface area contributed by atoms with Gasteiger partial charge >= 0.3 is 18.0 Å². The van der Waals surface area contributed by atoms with Gasteiger partial charge in [-0.2, -0.15) is 0 Å². The van der Waals surface area contributed by atoms with Crippen molar-refractivity contribution in [2.75, 3.05) is 41.5 Å². The molecule has 0 bridgehead atoms. The molecular formula is C56H81N5O19. The van der Waals surface area contributed by atoms with Crippen LogP contribution in [0.25, 0.3) is 11.0 Å². The number of hydrogen-bond acceptors (Lipinski definition) is 17. The van der Waals surface area contributed by atoms with Gasteiger partial charge in [0.25, 0.3) is 0 Å². The Bertz CT molecular complexity index is 2590. The molecule has 5 rings (SSSR count). The Kier molecular flexibility index (Phi) is 23.2. The molecule has 0 aliphatic carbocycles. The number of carboxylic acid groups (broad SMARTS) is 2. The summed E-state index contributed by atoms with van der Waals surface area (Å²) in [5, 5.41) is 66.0. The molecular weight excluding hydrogens is 1050 g/mol. The van der Waals surface area contributed by atoms with E-state index in [0.717, 1.165) is 16.5 Å². The summed E-state index contributed by atoms with van der Waals surface area (Å²) >= 11 is 0. The van der Waals surface area contributed by atoms with Crippen LogP contribution in [0.2, 0.25) is 0 Å². The molecule has 3 heterocycles. The van der Waals surface area contributed by atoms with Crippen molar-refractivity contribution in [2.24, 2.45) is 23.7 Å². The lowest BCUT2D eigenvalue weighted by molar-refractivity contribution is -0.277. The largest absolute Gasteiger partial charge is 0.480 e. The fourth-order valence-electron chi connectivity index (χ4n) is 10.7. The summed E-state index contributed by atoms with van der Waals surface area (Å²) in [7, 11) is 5.84. The number of carboxylic acids is 2. The number of aliphatic hydroxyl groups is 4. The molecule has 24 heteroatoms. The normalized spacial score (nSPS) is 22.3. The predicted octanol–water partition coefficient (Wildman–Crippen LogP) is 2.78. The number of aliphatic carboxylic acids is 1. The molecule has 2 aromatic carbocycles. The van der Waals surface area contributed by atoms with Crippen molar-refractivity contribution < 1.29 is 92.3 Å². The fourth-order valence-corrected chi connectivity index (χ4v) is 10.7. The number of methoxy groups -OCH3 is 2. The number of rotatable bonds is 27. The Labute approximate surface area is 465 Å². The Morgan fingerprint density at radius 2 is 1.51 bits per heavy atom. The molecule has 5 amide bonds. The molecule has 2 saturated heterocycles. The van der Waals surface area contributed by atoms with Gasteiger partial charge in [0.2, 0.25) is 35.7 Å². The molecule has 1 aromatic heterocycles. The van der Waals surface area contributed by atoms with Crippen molar-refractivity contribution in [1.82, 2.24) is 25.3 Å². The van der Waals surface area contributed by atoms with E-state index in [0.29, 0.717) is 25.8 Å². The zero-order chi connectivity index (χ0) is 59.4. The van der Waals surface area contributed by atoms with Gasteiger partial charge in [0.15, 0.2) is 0 Å². The highest BCUT2D eigenvalue weighted by Crippen LogP contribution is 2.36. The first kappa shape index (κ1) is 64.4. The van der Waals surface area contributed by atoms with Gasteiger partial charge in [-0.1, -0.05) is 85.2 Å².